The molecule has 98 valence electrons. The van der Waals surface area contributed by atoms with Crippen molar-refractivity contribution in [3.63, 3.8) is 0 Å². The van der Waals surface area contributed by atoms with Crippen molar-refractivity contribution in [2.45, 2.75) is 57.8 Å². The molecule has 0 aromatic carbocycles. The Hall–Kier alpha value is -0.610. The number of carbonyl (C=O) groups excluding carboxylic acids is 1. The molecule has 2 aliphatic heterocycles. The third-order valence-electron chi connectivity index (χ3n) is 3.64. The summed E-state index contributed by atoms with van der Waals surface area (Å²) in [5.41, 5.74) is 0. The Morgan fingerprint density at radius 2 is 2.35 bits per heavy atom. The van der Waals surface area contributed by atoms with Gasteiger partial charge in [0.1, 0.15) is 0 Å². The van der Waals surface area contributed by atoms with Crippen molar-refractivity contribution < 1.29 is 14.3 Å². The Morgan fingerprint density at radius 1 is 1.47 bits per heavy atom. The first kappa shape index (κ1) is 12.8. The van der Waals surface area contributed by atoms with E-state index in [1.807, 2.05) is 0 Å². The molecule has 0 aromatic rings. The number of hydrogen-bond donors (Lipinski definition) is 1. The Balaban J connectivity index is 1.55. The van der Waals surface area contributed by atoms with Gasteiger partial charge in [0.05, 0.1) is 0 Å². The number of carbonyl (C=O) groups is 1. The second kappa shape index (κ2) is 6.36. The highest BCUT2D eigenvalue weighted by Gasteiger charge is 2.28. The SMILES string of the molecule is CC1CC(=O)NC1CCCOC1CCCCO1. The fraction of sp³-hybridized carbons (Fsp3) is 0.923. The van der Waals surface area contributed by atoms with Gasteiger partial charge in [-0.1, -0.05) is 6.92 Å². The van der Waals surface area contributed by atoms with E-state index in [9.17, 15) is 4.79 Å². The van der Waals surface area contributed by atoms with Crippen LogP contribution in [0.4, 0.5) is 0 Å². The van der Waals surface area contributed by atoms with E-state index in [1.54, 1.807) is 0 Å². The van der Waals surface area contributed by atoms with Crippen molar-refractivity contribution >= 4 is 5.91 Å². The van der Waals surface area contributed by atoms with Crippen LogP contribution in [0.5, 0.6) is 0 Å². The summed E-state index contributed by atoms with van der Waals surface area (Å²) < 4.78 is 11.2. The minimum atomic E-state index is 0.0133. The molecule has 1 N–H and O–H groups in total. The Morgan fingerprint density at radius 3 is 3.00 bits per heavy atom. The van der Waals surface area contributed by atoms with Gasteiger partial charge in [-0.2, -0.15) is 0 Å². The van der Waals surface area contributed by atoms with Crippen LogP contribution in [-0.4, -0.2) is 31.5 Å². The van der Waals surface area contributed by atoms with Crippen LogP contribution in [0.25, 0.3) is 0 Å². The lowest BCUT2D eigenvalue weighted by molar-refractivity contribution is -0.163. The molecule has 0 aliphatic carbocycles. The highest BCUT2D eigenvalue weighted by Crippen LogP contribution is 2.20. The Labute approximate surface area is 103 Å². The van der Waals surface area contributed by atoms with Crippen LogP contribution >= 0.6 is 0 Å². The lowest BCUT2D eigenvalue weighted by Gasteiger charge is -2.23. The Kier molecular flexibility index (Phi) is 4.80. The highest BCUT2D eigenvalue weighted by atomic mass is 16.7. The van der Waals surface area contributed by atoms with Crippen molar-refractivity contribution in [1.29, 1.82) is 0 Å². The summed E-state index contributed by atoms with van der Waals surface area (Å²) in [6, 6.07) is 0.346. The molecule has 2 aliphatic rings. The van der Waals surface area contributed by atoms with Gasteiger partial charge in [-0.3, -0.25) is 4.79 Å². The predicted molar refractivity (Wildman–Crippen MR) is 64.5 cm³/mol. The van der Waals surface area contributed by atoms with E-state index in [2.05, 4.69) is 12.2 Å². The summed E-state index contributed by atoms with van der Waals surface area (Å²) in [6.07, 6.45) is 6.09. The third kappa shape index (κ3) is 3.96. The molecule has 4 nitrogen and oxygen atoms in total. The van der Waals surface area contributed by atoms with Gasteiger partial charge in [-0.05, 0) is 38.0 Å². The van der Waals surface area contributed by atoms with E-state index in [-0.39, 0.29) is 12.2 Å². The lowest BCUT2D eigenvalue weighted by atomic mass is 9.99. The van der Waals surface area contributed by atoms with Crippen molar-refractivity contribution in [2.24, 2.45) is 5.92 Å². The van der Waals surface area contributed by atoms with E-state index in [4.69, 9.17) is 9.47 Å². The maximum absolute atomic E-state index is 11.2. The standard InChI is InChI=1S/C13H23NO3/c1-10-9-12(15)14-11(10)5-4-8-17-13-6-2-3-7-16-13/h10-11,13H,2-9H2,1H3,(H,14,15). The zero-order chi connectivity index (χ0) is 12.1. The first-order valence-electron chi connectivity index (χ1n) is 6.78. The monoisotopic (exact) mass is 241 g/mol. The molecule has 0 radical (unpaired) electrons. The molecule has 4 heteroatoms. The molecule has 0 spiro atoms. The number of hydrogen-bond acceptors (Lipinski definition) is 3. The normalized spacial score (nSPS) is 33.7. The first-order chi connectivity index (χ1) is 8.25. The topological polar surface area (TPSA) is 47.6 Å². The fourth-order valence-corrected chi connectivity index (χ4v) is 2.56. The van der Waals surface area contributed by atoms with Gasteiger partial charge in [0.2, 0.25) is 5.91 Å². The van der Waals surface area contributed by atoms with Crippen molar-refractivity contribution in [3.05, 3.63) is 0 Å². The average molecular weight is 241 g/mol. The number of ether oxygens (including phenoxy) is 2. The number of nitrogens with one attached hydrogen (secondary N) is 1. The van der Waals surface area contributed by atoms with Gasteiger partial charge in [0.15, 0.2) is 6.29 Å². The fourth-order valence-electron chi connectivity index (χ4n) is 2.56. The van der Waals surface area contributed by atoms with Crippen molar-refractivity contribution in [2.75, 3.05) is 13.2 Å². The summed E-state index contributed by atoms with van der Waals surface area (Å²) in [6.45, 7) is 3.71. The maximum atomic E-state index is 11.2. The summed E-state index contributed by atoms with van der Waals surface area (Å²) in [5, 5.41) is 3.02. The first-order valence-corrected chi connectivity index (χ1v) is 6.78. The van der Waals surface area contributed by atoms with Crippen LogP contribution in [0, 0.1) is 5.92 Å². The molecule has 2 rings (SSSR count). The van der Waals surface area contributed by atoms with Gasteiger partial charge in [-0.25, -0.2) is 0 Å². The largest absolute Gasteiger partial charge is 0.353 e. The molecule has 0 saturated carbocycles. The molecule has 2 fully saturated rings. The van der Waals surface area contributed by atoms with Gasteiger partial charge in [0.25, 0.3) is 0 Å². The highest BCUT2D eigenvalue weighted by molar-refractivity contribution is 5.78. The van der Waals surface area contributed by atoms with E-state index < -0.39 is 0 Å². The summed E-state index contributed by atoms with van der Waals surface area (Å²) in [7, 11) is 0. The van der Waals surface area contributed by atoms with Crippen molar-refractivity contribution in [3.8, 4) is 0 Å². The van der Waals surface area contributed by atoms with Crippen LogP contribution in [0.2, 0.25) is 0 Å². The molecule has 2 heterocycles. The molecule has 0 bridgehead atoms. The van der Waals surface area contributed by atoms with Crippen LogP contribution < -0.4 is 5.32 Å². The second-order valence-electron chi connectivity index (χ2n) is 5.16. The van der Waals surface area contributed by atoms with E-state index in [1.165, 1.54) is 6.42 Å². The Bertz CT molecular complexity index is 251. The molecule has 2 saturated heterocycles. The minimum Gasteiger partial charge on any atom is -0.353 e. The summed E-state index contributed by atoms with van der Waals surface area (Å²) >= 11 is 0. The molecule has 17 heavy (non-hydrogen) atoms. The smallest absolute Gasteiger partial charge is 0.220 e. The lowest BCUT2D eigenvalue weighted by Crippen LogP contribution is -2.29. The van der Waals surface area contributed by atoms with Crippen LogP contribution in [0.3, 0.4) is 0 Å². The number of rotatable bonds is 5. The third-order valence-corrected chi connectivity index (χ3v) is 3.64. The van der Waals surface area contributed by atoms with Crippen molar-refractivity contribution in [1.82, 2.24) is 5.32 Å². The van der Waals surface area contributed by atoms with Gasteiger partial charge < -0.3 is 14.8 Å². The predicted octanol–water partition coefficient (Wildman–Crippen LogP) is 1.83. The van der Waals surface area contributed by atoms with E-state index in [0.717, 1.165) is 38.9 Å². The molecule has 3 atom stereocenters. The molecule has 1 amide bonds. The number of amides is 1. The minimum absolute atomic E-state index is 0.0133. The quantitative estimate of drug-likeness (QED) is 0.747. The molecule has 3 unspecified atom stereocenters. The van der Waals surface area contributed by atoms with E-state index >= 15 is 0 Å². The zero-order valence-electron chi connectivity index (χ0n) is 10.6. The van der Waals surface area contributed by atoms with Gasteiger partial charge in [-0.15, -0.1) is 0 Å². The van der Waals surface area contributed by atoms with Crippen LogP contribution in [0.1, 0.15) is 45.4 Å². The molecule has 0 aromatic heterocycles. The average Bonchev–Trinajstić information content (AvgIpc) is 2.65. The van der Waals surface area contributed by atoms with Crippen LogP contribution in [0.15, 0.2) is 0 Å². The van der Waals surface area contributed by atoms with Gasteiger partial charge >= 0.3 is 0 Å². The zero-order valence-corrected chi connectivity index (χ0v) is 10.6. The molecular formula is C13H23NO3. The summed E-state index contributed by atoms with van der Waals surface area (Å²) in [4.78, 5) is 11.2. The second-order valence-corrected chi connectivity index (χ2v) is 5.16. The van der Waals surface area contributed by atoms with Crippen LogP contribution in [-0.2, 0) is 14.3 Å². The van der Waals surface area contributed by atoms with E-state index in [0.29, 0.717) is 18.4 Å². The summed E-state index contributed by atoms with van der Waals surface area (Å²) in [5.74, 6) is 0.660. The molecular weight excluding hydrogens is 218 g/mol. The maximum Gasteiger partial charge on any atom is 0.220 e. The van der Waals surface area contributed by atoms with Gasteiger partial charge in [0, 0.05) is 25.7 Å².